The number of carbonyl (C=O) groups is 1. The summed E-state index contributed by atoms with van der Waals surface area (Å²) in [6, 6.07) is 5.60. The third-order valence-electron chi connectivity index (χ3n) is 3.43. The predicted octanol–water partition coefficient (Wildman–Crippen LogP) is 1.33. The Balaban J connectivity index is 2.33. The summed E-state index contributed by atoms with van der Waals surface area (Å²) in [5, 5.41) is 1.67. The van der Waals surface area contributed by atoms with Crippen molar-refractivity contribution in [1.82, 2.24) is 10.4 Å². The summed E-state index contributed by atoms with van der Waals surface area (Å²) in [5.74, 6) is 1.44. The Morgan fingerprint density at radius 1 is 1.26 bits per heavy atom. The van der Waals surface area contributed by atoms with Crippen molar-refractivity contribution in [1.29, 1.82) is 0 Å². The van der Waals surface area contributed by atoms with E-state index in [9.17, 15) is 4.79 Å². The molecule has 1 aromatic carbocycles. The van der Waals surface area contributed by atoms with Gasteiger partial charge in [0.05, 0.1) is 19.6 Å². The van der Waals surface area contributed by atoms with Gasteiger partial charge in [0.15, 0.2) is 0 Å². The van der Waals surface area contributed by atoms with Gasteiger partial charge in [-0.15, -0.1) is 0 Å². The van der Waals surface area contributed by atoms with Gasteiger partial charge in [-0.25, -0.2) is 5.01 Å². The first-order valence-corrected chi connectivity index (χ1v) is 6.24. The number of nitrogens with zero attached hydrogens (tertiary/aromatic N) is 1. The highest BCUT2D eigenvalue weighted by atomic mass is 16.5. The Morgan fingerprint density at radius 2 is 1.95 bits per heavy atom. The monoisotopic (exact) mass is 264 g/mol. The number of hydrogen-bond acceptors (Lipinski definition) is 4. The zero-order valence-electron chi connectivity index (χ0n) is 11.8. The largest absolute Gasteiger partial charge is 0.497 e. The summed E-state index contributed by atoms with van der Waals surface area (Å²) in [4.78, 5) is 12.3. The minimum absolute atomic E-state index is 0.0148. The van der Waals surface area contributed by atoms with Gasteiger partial charge in [0.2, 0.25) is 5.91 Å². The number of carbonyl (C=O) groups excluding carboxylic acids is 1. The van der Waals surface area contributed by atoms with Crippen LogP contribution in [0.15, 0.2) is 18.2 Å². The van der Waals surface area contributed by atoms with Crippen molar-refractivity contribution in [3.8, 4) is 11.5 Å². The van der Waals surface area contributed by atoms with Gasteiger partial charge in [0.25, 0.3) is 0 Å². The van der Waals surface area contributed by atoms with Crippen molar-refractivity contribution in [2.24, 2.45) is 0 Å². The molecule has 1 aromatic rings. The van der Waals surface area contributed by atoms with E-state index in [0.29, 0.717) is 5.75 Å². The second-order valence-electron chi connectivity index (χ2n) is 4.98. The van der Waals surface area contributed by atoms with Crippen molar-refractivity contribution in [3.05, 3.63) is 23.8 Å². The number of methoxy groups -OCH3 is 2. The second-order valence-corrected chi connectivity index (χ2v) is 4.98. The number of benzene rings is 1. The molecule has 1 amide bonds. The van der Waals surface area contributed by atoms with Crippen LogP contribution in [0.1, 0.15) is 18.4 Å². The fraction of sp³-hybridized carbons (Fsp3) is 0.500. The first kappa shape index (κ1) is 13.7. The molecule has 19 heavy (non-hydrogen) atoms. The van der Waals surface area contributed by atoms with Crippen molar-refractivity contribution >= 4 is 5.91 Å². The lowest BCUT2D eigenvalue weighted by molar-refractivity contribution is -0.127. The predicted molar refractivity (Wildman–Crippen MR) is 72.3 cm³/mol. The van der Waals surface area contributed by atoms with Crippen LogP contribution in [0.2, 0.25) is 0 Å². The van der Waals surface area contributed by atoms with Crippen molar-refractivity contribution in [2.75, 3.05) is 28.3 Å². The number of hydrazine groups is 1. The van der Waals surface area contributed by atoms with Crippen molar-refractivity contribution in [2.45, 2.75) is 18.3 Å². The molecule has 0 aliphatic heterocycles. The normalized spacial score (nSPS) is 16.1. The number of hydrogen-bond donors (Lipinski definition) is 1. The molecular formula is C14H20N2O3. The summed E-state index contributed by atoms with van der Waals surface area (Å²) in [5.41, 5.74) is 3.30. The zero-order valence-corrected chi connectivity index (χ0v) is 11.8. The summed E-state index contributed by atoms with van der Waals surface area (Å²) in [7, 11) is 6.83. The van der Waals surface area contributed by atoms with Crippen LogP contribution in [0.5, 0.6) is 11.5 Å². The third-order valence-corrected chi connectivity index (χ3v) is 3.43. The smallest absolute Gasteiger partial charge is 0.245 e. The molecule has 0 bridgehead atoms. The minimum Gasteiger partial charge on any atom is -0.497 e. The fourth-order valence-electron chi connectivity index (χ4n) is 2.25. The maximum absolute atomic E-state index is 12.3. The van der Waals surface area contributed by atoms with E-state index in [4.69, 9.17) is 9.47 Å². The fourth-order valence-corrected chi connectivity index (χ4v) is 2.25. The molecule has 104 valence electrons. The molecule has 1 N–H and O–H groups in total. The first-order valence-electron chi connectivity index (χ1n) is 6.24. The topological polar surface area (TPSA) is 50.8 Å². The van der Waals surface area contributed by atoms with E-state index in [-0.39, 0.29) is 5.91 Å². The lowest BCUT2D eigenvalue weighted by Crippen LogP contribution is -2.42. The lowest BCUT2D eigenvalue weighted by Gasteiger charge is -2.21. The molecule has 2 rings (SSSR count). The molecular weight excluding hydrogens is 244 g/mol. The van der Waals surface area contributed by atoms with Crippen molar-refractivity contribution < 1.29 is 14.3 Å². The summed E-state index contributed by atoms with van der Waals surface area (Å²) >= 11 is 0. The van der Waals surface area contributed by atoms with E-state index < -0.39 is 5.41 Å². The molecule has 5 nitrogen and oxygen atoms in total. The number of ether oxygens (including phenoxy) is 2. The molecule has 5 heteroatoms. The van der Waals surface area contributed by atoms with Crippen LogP contribution >= 0.6 is 0 Å². The molecule has 0 spiro atoms. The van der Waals surface area contributed by atoms with Gasteiger partial charge in [0.1, 0.15) is 11.5 Å². The van der Waals surface area contributed by atoms with Crippen LogP contribution in [-0.4, -0.2) is 39.2 Å². The van der Waals surface area contributed by atoms with E-state index in [1.807, 2.05) is 18.2 Å². The van der Waals surface area contributed by atoms with Crippen LogP contribution in [0.4, 0.5) is 0 Å². The van der Waals surface area contributed by atoms with Crippen LogP contribution in [0.25, 0.3) is 0 Å². The van der Waals surface area contributed by atoms with E-state index in [2.05, 4.69) is 5.43 Å². The molecule has 0 unspecified atom stereocenters. The van der Waals surface area contributed by atoms with E-state index in [1.165, 1.54) is 0 Å². The van der Waals surface area contributed by atoms with Gasteiger partial charge in [-0.05, 0) is 18.9 Å². The summed E-state index contributed by atoms with van der Waals surface area (Å²) < 4.78 is 10.6. The third kappa shape index (κ3) is 2.51. The van der Waals surface area contributed by atoms with Gasteiger partial charge in [0, 0.05) is 25.7 Å². The SMILES string of the molecule is COc1ccc(C2(C(=O)NN(C)C)CC2)c(OC)c1. The highest BCUT2D eigenvalue weighted by Gasteiger charge is 2.53. The Hall–Kier alpha value is -1.75. The van der Waals surface area contributed by atoms with Crippen LogP contribution < -0.4 is 14.9 Å². The molecule has 1 aliphatic carbocycles. The average Bonchev–Trinajstić information content (AvgIpc) is 3.18. The summed E-state index contributed by atoms with van der Waals surface area (Å²) in [6.45, 7) is 0. The molecule has 0 aromatic heterocycles. The summed E-state index contributed by atoms with van der Waals surface area (Å²) in [6.07, 6.45) is 1.69. The first-order chi connectivity index (χ1) is 9.03. The molecule has 0 radical (unpaired) electrons. The molecule has 0 atom stereocenters. The Kier molecular flexibility index (Phi) is 3.66. The van der Waals surface area contributed by atoms with Gasteiger partial charge < -0.3 is 9.47 Å². The van der Waals surface area contributed by atoms with E-state index >= 15 is 0 Å². The zero-order chi connectivity index (χ0) is 14.0. The second kappa shape index (κ2) is 5.09. The van der Waals surface area contributed by atoms with Gasteiger partial charge in [-0.2, -0.15) is 0 Å². The molecule has 0 heterocycles. The molecule has 1 fully saturated rings. The van der Waals surface area contributed by atoms with Crippen LogP contribution in [0, 0.1) is 0 Å². The number of rotatable bonds is 5. The molecule has 0 saturated heterocycles. The van der Waals surface area contributed by atoms with E-state index in [0.717, 1.165) is 24.2 Å². The lowest BCUT2D eigenvalue weighted by atomic mass is 9.94. The van der Waals surface area contributed by atoms with Gasteiger partial charge in [-0.1, -0.05) is 6.07 Å². The van der Waals surface area contributed by atoms with E-state index in [1.54, 1.807) is 33.3 Å². The Bertz CT molecular complexity index is 482. The Morgan fingerprint density at radius 3 is 2.42 bits per heavy atom. The van der Waals surface area contributed by atoms with Crippen molar-refractivity contribution in [3.63, 3.8) is 0 Å². The highest BCUT2D eigenvalue weighted by molar-refractivity contribution is 5.91. The highest BCUT2D eigenvalue weighted by Crippen LogP contribution is 2.52. The van der Waals surface area contributed by atoms with Crippen LogP contribution in [0.3, 0.4) is 0 Å². The minimum atomic E-state index is -0.456. The Labute approximate surface area is 113 Å². The van der Waals surface area contributed by atoms with Gasteiger partial charge >= 0.3 is 0 Å². The maximum atomic E-state index is 12.3. The standard InChI is InChI=1S/C14H20N2O3/c1-16(2)15-13(17)14(7-8-14)11-6-5-10(18-3)9-12(11)19-4/h5-6,9H,7-8H2,1-4H3,(H,15,17). The quantitative estimate of drug-likeness (QED) is 0.815. The number of nitrogens with one attached hydrogen (secondary N) is 1. The maximum Gasteiger partial charge on any atom is 0.245 e. The molecule has 1 aliphatic rings. The van der Waals surface area contributed by atoms with Gasteiger partial charge in [-0.3, -0.25) is 10.2 Å². The van der Waals surface area contributed by atoms with Crippen LogP contribution in [-0.2, 0) is 10.2 Å². The molecule has 1 saturated carbocycles. The average molecular weight is 264 g/mol. The number of amides is 1.